The highest BCUT2D eigenvalue weighted by molar-refractivity contribution is 5.91. The zero-order valence-corrected chi connectivity index (χ0v) is 19.3. The monoisotopic (exact) mass is 460 g/mol. The van der Waals surface area contributed by atoms with Crippen LogP contribution in [-0.4, -0.2) is 44.0 Å². The normalized spacial score (nSPS) is 15.1. The molecule has 0 fully saturated rings. The zero-order chi connectivity index (χ0) is 23.9. The maximum atomic E-state index is 13.3. The number of carbonyl (C=O) groups is 2. The average Bonchev–Trinajstić information content (AvgIpc) is 3.40. The van der Waals surface area contributed by atoms with Crippen LogP contribution in [0, 0.1) is 0 Å². The van der Waals surface area contributed by atoms with Crippen LogP contribution >= 0.6 is 0 Å². The third-order valence-electron chi connectivity index (χ3n) is 5.89. The predicted octanol–water partition coefficient (Wildman–Crippen LogP) is 3.99. The molecule has 0 saturated carbocycles. The summed E-state index contributed by atoms with van der Waals surface area (Å²) in [6, 6.07) is 17.2. The highest BCUT2D eigenvalue weighted by Gasteiger charge is 2.33. The van der Waals surface area contributed by atoms with Crippen LogP contribution in [0.1, 0.15) is 34.9 Å². The molecule has 1 N–H and O–H groups in total. The fourth-order valence-electron chi connectivity index (χ4n) is 4.25. The third kappa shape index (κ3) is 5.14. The van der Waals surface area contributed by atoms with Crippen molar-refractivity contribution in [2.45, 2.75) is 18.9 Å². The molecule has 4 rings (SSSR count). The minimum atomic E-state index is -0.273. The summed E-state index contributed by atoms with van der Waals surface area (Å²) in [4.78, 5) is 27.3. The quantitative estimate of drug-likeness (QED) is 0.514. The van der Waals surface area contributed by atoms with Crippen molar-refractivity contribution in [1.29, 1.82) is 0 Å². The first kappa shape index (κ1) is 23.2. The number of furan rings is 1. The number of hydrogen-bond donors (Lipinski definition) is 1. The number of amides is 2. The molecule has 0 saturated heterocycles. The van der Waals surface area contributed by atoms with Crippen molar-refractivity contribution >= 4 is 17.9 Å². The van der Waals surface area contributed by atoms with Gasteiger partial charge in [0.2, 0.25) is 11.8 Å². The Bertz CT molecular complexity index is 1160. The zero-order valence-electron chi connectivity index (χ0n) is 19.3. The fourth-order valence-corrected chi connectivity index (χ4v) is 4.25. The predicted molar refractivity (Wildman–Crippen MR) is 129 cm³/mol. The van der Waals surface area contributed by atoms with Gasteiger partial charge in [-0.1, -0.05) is 30.3 Å². The maximum absolute atomic E-state index is 13.3. The maximum Gasteiger partial charge on any atom is 0.244 e. The minimum absolute atomic E-state index is 0.0235. The molecular formula is C27H28N2O5. The van der Waals surface area contributed by atoms with Crippen LogP contribution in [0.3, 0.4) is 0 Å². The Labute approximate surface area is 199 Å². The molecular weight excluding hydrogens is 432 g/mol. The summed E-state index contributed by atoms with van der Waals surface area (Å²) in [5.41, 5.74) is 3.18. The molecule has 1 aromatic heterocycles. The largest absolute Gasteiger partial charge is 0.493 e. The molecule has 1 aliphatic heterocycles. The van der Waals surface area contributed by atoms with Gasteiger partial charge in [-0.2, -0.15) is 0 Å². The van der Waals surface area contributed by atoms with E-state index in [2.05, 4.69) is 5.32 Å². The molecule has 0 bridgehead atoms. The van der Waals surface area contributed by atoms with Crippen molar-refractivity contribution in [3.05, 3.63) is 89.4 Å². The van der Waals surface area contributed by atoms with E-state index in [1.54, 1.807) is 38.7 Å². The van der Waals surface area contributed by atoms with Crippen LogP contribution in [-0.2, 0) is 16.0 Å². The Morgan fingerprint density at radius 2 is 1.85 bits per heavy atom. The Kier molecular flexibility index (Phi) is 7.32. The summed E-state index contributed by atoms with van der Waals surface area (Å²) in [6.07, 6.45) is 5.44. The average molecular weight is 461 g/mol. The van der Waals surface area contributed by atoms with Gasteiger partial charge in [-0.15, -0.1) is 0 Å². The van der Waals surface area contributed by atoms with Crippen molar-refractivity contribution in [3.8, 4) is 11.5 Å². The Hall–Kier alpha value is -4.00. The number of nitrogens with one attached hydrogen (secondary N) is 1. The third-order valence-corrected chi connectivity index (χ3v) is 5.89. The molecule has 2 aromatic carbocycles. The van der Waals surface area contributed by atoms with Gasteiger partial charge in [0, 0.05) is 25.6 Å². The summed E-state index contributed by atoms with van der Waals surface area (Å²) >= 11 is 0. The fraction of sp³-hybridized carbons (Fsp3) is 0.259. The Morgan fingerprint density at radius 1 is 1.09 bits per heavy atom. The minimum Gasteiger partial charge on any atom is -0.493 e. The molecule has 0 spiro atoms. The van der Waals surface area contributed by atoms with Crippen LogP contribution < -0.4 is 14.8 Å². The molecule has 7 nitrogen and oxygen atoms in total. The standard InChI is InChI=1S/C27H28N2O5/c1-32-23-17-20-13-15-29(26(31)12-14-28-25(30)11-10-21-9-6-16-34-21)27(19-7-4-3-5-8-19)22(20)18-24(23)33-2/h3-11,16-18,27H,12-15H2,1-2H3,(H,28,30)/b11-10+. The Morgan fingerprint density at radius 3 is 2.56 bits per heavy atom. The van der Waals surface area contributed by atoms with Gasteiger partial charge >= 0.3 is 0 Å². The van der Waals surface area contributed by atoms with E-state index in [1.807, 2.05) is 47.4 Å². The molecule has 0 aliphatic carbocycles. The molecule has 7 heteroatoms. The van der Waals surface area contributed by atoms with Crippen molar-refractivity contribution in [2.24, 2.45) is 0 Å². The lowest BCUT2D eigenvalue weighted by molar-refractivity contribution is -0.133. The van der Waals surface area contributed by atoms with Gasteiger partial charge in [0.25, 0.3) is 0 Å². The van der Waals surface area contributed by atoms with E-state index in [9.17, 15) is 9.59 Å². The SMILES string of the molecule is COc1cc2c(cc1OC)C(c1ccccc1)N(C(=O)CCNC(=O)/C=C/c1ccco1)CC2. The van der Waals surface area contributed by atoms with Crippen LogP contribution in [0.2, 0.25) is 0 Å². The number of benzene rings is 2. The lowest BCUT2D eigenvalue weighted by Crippen LogP contribution is -2.41. The van der Waals surface area contributed by atoms with Crippen LogP contribution in [0.15, 0.2) is 71.4 Å². The highest BCUT2D eigenvalue weighted by atomic mass is 16.5. The van der Waals surface area contributed by atoms with Crippen molar-refractivity contribution in [3.63, 3.8) is 0 Å². The van der Waals surface area contributed by atoms with Gasteiger partial charge in [-0.25, -0.2) is 0 Å². The molecule has 1 atom stereocenters. The van der Waals surface area contributed by atoms with Crippen LogP contribution in [0.5, 0.6) is 11.5 Å². The smallest absolute Gasteiger partial charge is 0.244 e. The van der Waals surface area contributed by atoms with E-state index in [0.29, 0.717) is 30.2 Å². The van der Waals surface area contributed by atoms with Crippen molar-refractivity contribution in [1.82, 2.24) is 10.2 Å². The van der Waals surface area contributed by atoms with Gasteiger partial charge in [0.1, 0.15) is 5.76 Å². The Balaban J connectivity index is 1.50. The van der Waals surface area contributed by atoms with E-state index in [4.69, 9.17) is 13.9 Å². The van der Waals surface area contributed by atoms with Crippen LogP contribution in [0.4, 0.5) is 0 Å². The van der Waals surface area contributed by atoms with Gasteiger partial charge < -0.3 is 24.1 Å². The summed E-state index contributed by atoms with van der Waals surface area (Å²) in [5, 5.41) is 2.77. The van der Waals surface area contributed by atoms with E-state index >= 15 is 0 Å². The lowest BCUT2D eigenvalue weighted by Gasteiger charge is -2.38. The molecule has 176 valence electrons. The van der Waals surface area contributed by atoms with Crippen LogP contribution in [0.25, 0.3) is 6.08 Å². The van der Waals surface area contributed by atoms with Gasteiger partial charge in [-0.05, 0) is 53.5 Å². The first-order chi connectivity index (χ1) is 16.6. The van der Waals surface area contributed by atoms with Gasteiger partial charge in [0.15, 0.2) is 11.5 Å². The number of ether oxygens (including phenoxy) is 2. The summed E-state index contributed by atoms with van der Waals surface area (Å²) in [6.45, 7) is 0.824. The molecule has 1 unspecified atom stereocenters. The summed E-state index contributed by atoms with van der Waals surface area (Å²) < 4.78 is 16.2. The number of nitrogens with zero attached hydrogens (tertiary/aromatic N) is 1. The summed E-state index contributed by atoms with van der Waals surface area (Å²) in [5.74, 6) is 1.61. The molecule has 0 radical (unpaired) electrons. The van der Waals surface area contributed by atoms with Gasteiger partial charge in [0.05, 0.1) is 26.5 Å². The topological polar surface area (TPSA) is 81.0 Å². The van der Waals surface area contributed by atoms with E-state index in [0.717, 1.165) is 16.7 Å². The molecule has 2 amide bonds. The lowest BCUT2D eigenvalue weighted by atomic mass is 9.87. The van der Waals surface area contributed by atoms with E-state index in [1.165, 1.54) is 6.08 Å². The first-order valence-electron chi connectivity index (χ1n) is 11.2. The molecule has 1 aliphatic rings. The van der Waals surface area contributed by atoms with Crippen molar-refractivity contribution in [2.75, 3.05) is 27.3 Å². The van der Waals surface area contributed by atoms with E-state index in [-0.39, 0.29) is 30.8 Å². The summed E-state index contributed by atoms with van der Waals surface area (Å²) in [7, 11) is 3.23. The van der Waals surface area contributed by atoms with Gasteiger partial charge in [-0.3, -0.25) is 9.59 Å². The number of methoxy groups -OCH3 is 2. The number of rotatable bonds is 8. The molecule has 2 heterocycles. The number of fused-ring (bicyclic) bond motifs is 1. The molecule has 3 aromatic rings. The second-order valence-electron chi connectivity index (χ2n) is 7.95. The molecule has 34 heavy (non-hydrogen) atoms. The van der Waals surface area contributed by atoms with E-state index < -0.39 is 0 Å². The number of hydrogen-bond acceptors (Lipinski definition) is 5. The van der Waals surface area contributed by atoms with Crippen molar-refractivity contribution < 1.29 is 23.5 Å². The first-order valence-corrected chi connectivity index (χ1v) is 11.2. The highest BCUT2D eigenvalue weighted by Crippen LogP contribution is 2.41. The number of carbonyl (C=O) groups excluding carboxylic acids is 2. The second kappa shape index (κ2) is 10.7. The second-order valence-corrected chi connectivity index (χ2v) is 7.95.